The lowest BCUT2D eigenvalue weighted by atomic mass is 10.1. The quantitative estimate of drug-likeness (QED) is 0.305. The zero-order valence-corrected chi connectivity index (χ0v) is 18.9. The minimum atomic E-state index is -0.399. The number of benzene rings is 2. The van der Waals surface area contributed by atoms with Gasteiger partial charge in [0, 0.05) is 23.5 Å². The molecule has 0 aliphatic carbocycles. The molecule has 0 saturated heterocycles. The summed E-state index contributed by atoms with van der Waals surface area (Å²) in [5, 5.41) is 11.2. The zero-order chi connectivity index (χ0) is 22.7. The SMILES string of the molecule is Cc1cc2nc3s/c(=C\c4cc(C)n(-c5cccc([N+](=O)[O-])c5)c4C)c(=O)n3c2cc1C. The van der Waals surface area contributed by atoms with E-state index in [-0.39, 0.29) is 11.2 Å². The molecule has 5 aromatic rings. The number of hydrogen-bond acceptors (Lipinski definition) is 5. The second-order valence-electron chi connectivity index (χ2n) is 8.01. The third-order valence-electron chi connectivity index (χ3n) is 5.91. The molecule has 0 aliphatic rings. The summed E-state index contributed by atoms with van der Waals surface area (Å²) in [6.07, 6.45) is 1.88. The molecule has 5 rings (SSSR count). The lowest BCUT2D eigenvalue weighted by molar-refractivity contribution is -0.384. The monoisotopic (exact) mass is 444 g/mol. The smallest absolute Gasteiger partial charge is 0.274 e. The van der Waals surface area contributed by atoms with Gasteiger partial charge in [-0.25, -0.2) is 9.38 Å². The summed E-state index contributed by atoms with van der Waals surface area (Å²) >= 11 is 1.37. The van der Waals surface area contributed by atoms with Crippen LogP contribution in [0.2, 0.25) is 0 Å². The molecule has 0 unspecified atom stereocenters. The van der Waals surface area contributed by atoms with Crippen molar-refractivity contribution >= 4 is 39.1 Å². The minimum Gasteiger partial charge on any atom is -0.318 e. The first-order chi connectivity index (χ1) is 15.2. The van der Waals surface area contributed by atoms with Crippen molar-refractivity contribution in [1.82, 2.24) is 14.0 Å². The third kappa shape index (κ3) is 3.03. The Labute approximate surface area is 187 Å². The van der Waals surface area contributed by atoms with Gasteiger partial charge in [0.15, 0.2) is 4.96 Å². The first-order valence-electron chi connectivity index (χ1n) is 10.1. The molecule has 0 atom stereocenters. The number of imidazole rings is 1. The van der Waals surface area contributed by atoms with Crippen molar-refractivity contribution in [2.45, 2.75) is 27.7 Å². The Balaban J connectivity index is 1.68. The van der Waals surface area contributed by atoms with E-state index in [1.807, 2.05) is 62.6 Å². The molecule has 0 spiro atoms. The van der Waals surface area contributed by atoms with E-state index in [1.165, 1.54) is 17.4 Å². The number of aromatic nitrogens is 3. The molecular formula is C24H20N4O3S. The number of aryl methyl sites for hydroxylation is 3. The maximum absolute atomic E-state index is 13.2. The zero-order valence-electron chi connectivity index (χ0n) is 18.0. The van der Waals surface area contributed by atoms with Crippen LogP contribution >= 0.6 is 11.3 Å². The Morgan fingerprint density at radius 2 is 1.81 bits per heavy atom. The standard InChI is InChI=1S/C24H20N4O3S/c1-13-8-20-21(9-14(13)2)27-23(29)22(32-24(27)25-20)11-17-10-15(3)26(16(17)4)18-6-5-7-19(12-18)28(30)31/h5-12H,1-4H3/b22-11-. The molecule has 0 fully saturated rings. The first kappa shape index (κ1) is 20.1. The summed E-state index contributed by atoms with van der Waals surface area (Å²) in [6.45, 7) is 7.96. The highest BCUT2D eigenvalue weighted by Gasteiger charge is 2.15. The Morgan fingerprint density at radius 1 is 1.06 bits per heavy atom. The van der Waals surface area contributed by atoms with Crippen LogP contribution in [-0.4, -0.2) is 18.9 Å². The third-order valence-corrected chi connectivity index (χ3v) is 6.88. The van der Waals surface area contributed by atoms with Crippen molar-refractivity contribution in [3.05, 3.63) is 95.5 Å². The average molecular weight is 445 g/mol. The maximum Gasteiger partial charge on any atom is 0.274 e. The molecule has 8 heteroatoms. The van der Waals surface area contributed by atoms with Gasteiger partial charge in [-0.1, -0.05) is 17.4 Å². The Hall–Kier alpha value is -3.78. The van der Waals surface area contributed by atoms with E-state index in [0.29, 0.717) is 15.2 Å². The molecule has 0 aliphatic heterocycles. The van der Waals surface area contributed by atoms with Gasteiger partial charge in [-0.2, -0.15) is 0 Å². The van der Waals surface area contributed by atoms with E-state index < -0.39 is 4.92 Å². The highest BCUT2D eigenvalue weighted by molar-refractivity contribution is 7.15. The summed E-state index contributed by atoms with van der Waals surface area (Å²) in [7, 11) is 0. The van der Waals surface area contributed by atoms with E-state index in [1.54, 1.807) is 16.5 Å². The van der Waals surface area contributed by atoms with Crippen LogP contribution < -0.4 is 10.1 Å². The minimum absolute atomic E-state index is 0.0410. The highest BCUT2D eigenvalue weighted by Crippen LogP contribution is 2.25. The van der Waals surface area contributed by atoms with Crippen LogP contribution in [0, 0.1) is 37.8 Å². The predicted molar refractivity (Wildman–Crippen MR) is 127 cm³/mol. The first-order valence-corrected chi connectivity index (χ1v) is 10.9. The molecule has 0 radical (unpaired) electrons. The fourth-order valence-electron chi connectivity index (χ4n) is 4.14. The van der Waals surface area contributed by atoms with E-state index in [9.17, 15) is 14.9 Å². The number of nitro benzene ring substituents is 1. The van der Waals surface area contributed by atoms with Gasteiger partial charge in [-0.3, -0.25) is 14.9 Å². The lowest BCUT2D eigenvalue weighted by Gasteiger charge is -2.09. The summed E-state index contributed by atoms with van der Waals surface area (Å²) < 4.78 is 4.24. The molecule has 3 aromatic heterocycles. The second-order valence-corrected chi connectivity index (χ2v) is 9.02. The average Bonchev–Trinajstić information content (AvgIpc) is 3.33. The molecule has 7 nitrogen and oxygen atoms in total. The van der Waals surface area contributed by atoms with Crippen LogP contribution in [0.25, 0.3) is 27.8 Å². The van der Waals surface area contributed by atoms with Crippen LogP contribution in [0.5, 0.6) is 0 Å². The fraction of sp³-hybridized carbons (Fsp3) is 0.167. The van der Waals surface area contributed by atoms with Gasteiger partial charge in [-0.15, -0.1) is 0 Å². The lowest BCUT2D eigenvalue weighted by Crippen LogP contribution is -2.22. The summed E-state index contributed by atoms with van der Waals surface area (Å²) in [5.74, 6) is 0. The highest BCUT2D eigenvalue weighted by atomic mass is 32.1. The number of nitrogens with zero attached hydrogens (tertiary/aromatic N) is 4. The van der Waals surface area contributed by atoms with Crippen LogP contribution in [0.1, 0.15) is 28.1 Å². The number of nitro groups is 1. The van der Waals surface area contributed by atoms with Gasteiger partial charge in [0.05, 0.1) is 26.2 Å². The molecule has 2 aromatic carbocycles. The molecular weight excluding hydrogens is 424 g/mol. The van der Waals surface area contributed by atoms with Gasteiger partial charge in [-0.05, 0) is 74.7 Å². The van der Waals surface area contributed by atoms with E-state index in [2.05, 4.69) is 4.98 Å². The number of fused-ring (bicyclic) bond motifs is 3. The van der Waals surface area contributed by atoms with E-state index >= 15 is 0 Å². The van der Waals surface area contributed by atoms with Gasteiger partial charge in [0.2, 0.25) is 0 Å². The van der Waals surface area contributed by atoms with Crippen LogP contribution in [0.15, 0.2) is 47.3 Å². The molecule has 0 bridgehead atoms. The summed E-state index contributed by atoms with van der Waals surface area (Å²) in [5.41, 5.74) is 7.32. The van der Waals surface area contributed by atoms with Crippen molar-refractivity contribution in [3.8, 4) is 5.69 Å². The molecule has 0 saturated carbocycles. The summed E-state index contributed by atoms with van der Waals surface area (Å²) in [6, 6.07) is 12.6. The molecule has 160 valence electrons. The van der Waals surface area contributed by atoms with Gasteiger partial charge < -0.3 is 4.57 Å². The summed E-state index contributed by atoms with van der Waals surface area (Å²) in [4.78, 5) is 29.3. The van der Waals surface area contributed by atoms with Gasteiger partial charge in [0.1, 0.15) is 0 Å². The number of hydrogen-bond donors (Lipinski definition) is 0. The Bertz CT molecular complexity index is 1670. The molecule has 0 amide bonds. The number of rotatable bonds is 3. The van der Waals surface area contributed by atoms with Crippen molar-refractivity contribution in [3.63, 3.8) is 0 Å². The predicted octanol–water partition coefficient (Wildman–Crippen LogP) is 4.39. The van der Waals surface area contributed by atoms with Crippen molar-refractivity contribution < 1.29 is 4.92 Å². The largest absolute Gasteiger partial charge is 0.318 e. The van der Waals surface area contributed by atoms with Crippen LogP contribution in [0.4, 0.5) is 5.69 Å². The van der Waals surface area contributed by atoms with Crippen LogP contribution in [0.3, 0.4) is 0 Å². The topological polar surface area (TPSA) is 82.4 Å². The maximum atomic E-state index is 13.2. The Morgan fingerprint density at radius 3 is 2.56 bits per heavy atom. The van der Waals surface area contributed by atoms with E-state index in [4.69, 9.17) is 0 Å². The van der Waals surface area contributed by atoms with Gasteiger partial charge >= 0.3 is 0 Å². The molecule has 0 N–H and O–H groups in total. The number of non-ortho nitro benzene ring substituents is 1. The normalized spacial score (nSPS) is 12.3. The fourth-order valence-corrected chi connectivity index (χ4v) is 5.11. The van der Waals surface area contributed by atoms with Crippen LogP contribution in [-0.2, 0) is 0 Å². The van der Waals surface area contributed by atoms with Crippen molar-refractivity contribution in [2.24, 2.45) is 0 Å². The van der Waals surface area contributed by atoms with Crippen molar-refractivity contribution in [2.75, 3.05) is 0 Å². The van der Waals surface area contributed by atoms with Crippen molar-refractivity contribution in [1.29, 1.82) is 0 Å². The molecule has 3 heterocycles. The second kappa shape index (κ2) is 7.13. The molecule has 32 heavy (non-hydrogen) atoms. The Kier molecular flexibility index (Phi) is 4.49. The van der Waals surface area contributed by atoms with E-state index in [0.717, 1.165) is 39.1 Å². The van der Waals surface area contributed by atoms with Gasteiger partial charge in [0.25, 0.3) is 11.2 Å². The number of thiazole rings is 1.